The van der Waals surface area contributed by atoms with Gasteiger partial charge in [0.2, 0.25) is 5.95 Å². The van der Waals surface area contributed by atoms with Crippen LogP contribution in [0, 0.1) is 5.92 Å². The van der Waals surface area contributed by atoms with Crippen molar-refractivity contribution in [1.82, 2.24) is 9.97 Å². The Morgan fingerprint density at radius 3 is 2.65 bits per heavy atom. The molecule has 1 aromatic heterocycles. The predicted molar refractivity (Wildman–Crippen MR) is 92.8 cm³/mol. The third-order valence-electron chi connectivity index (χ3n) is 3.33. The van der Waals surface area contributed by atoms with Gasteiger partial charge in [-0.05, 0) is 30.5 Å². The molecule has 0 saturated heterocycles. The minimum absolute atomic E-state index is 0.614. The summed E-state index contributed by atoms with van der Waals surface area (Å²) in [5.41, 5.74) is 0.820. The number of anilines is 3. The summed E-state index contributed by atoms with van der Waals surface area (Å²) in [6.07, 6.45) is 2.80. The quantitative estimate of drug-likeness (QED) is 0.774. The van der Waals surface area contributed by atoms with E-state index in [9.17, 15) is 0 Å². The van der Waals surface area contributed by atoms with Crippen molar-refractivity contribution < 1.29 is 9.47 Å². The van der Waals surface area contributed by atoms with Gasteiger partial charge in [-0.3, -0.25) is 0 Å². The molecule has 6 nitrogen and oxygen atoms in total. The van der Waals surface area contributed by atoms with Gasteiger partial charge in [0.25, 0.3) is 0 Å². The van der Waals surface area contributed by atoms with E-state index in [4.69, 9.17) is 9.47 Å². The fourth-order valence-electron chi connectivity index (χ4n) is 2.03. The molecule has 0 aliphatic carbocycles. The number of methoxy groups -OCH3 is 2. The van der Waals surface area contributed by atoms with Crippen LogP contribution in [-0.2, 0) is 0 Å². The standard InChI is InChI=1S/C17H24N4O2/c1-12(2)7-9-18-17-19-10-8-16(21-17)20-14-6-5-13(22-3)11-15(14)23-4/h5-6,8,10-12H,7,9H2,1-4H3,(H2,18,19,20,21). The summed E-state index contributed by atoms with van der Waals surface area (Å²) < 4.78 is 10.6. The highest BCUT2D eigenvalue weighted by molar-refractivity contribution is 5.66. The van der Waals surface area contributed by atoms with Crippen LogP contribution >= 0.6 is 0 Å². The Labute approximate surface area is 137 Å². The molecule has 1 heterocycles. The number of hydrogen-bond donors (Lipinski definition) is 2. The minimum Gasteiger partial charge on any atom is -0.497 e. The van der Waals surface area contributed by atoms with Crippen LogP contribution in [0.3, 0.4) is 0 Å². The van der Waals surface area contributed by atoms with E-state index in [1.165, 1.54) is 0 Å². The lowest BCUT2D eigenvalue weighted by Gasteiger charge is -2.13. The Morgan fingerprint density at radius 2 is 1.96 bits per heavy atom. The fourth-order valence-corrected chi connectivity index (χ4v) is 2.03. The Morgan fingerprint density at radius 1 is 1.13 bits per heavy atom. The highest BCUT2D eigenvalue weighted by atomic mass is 16.5. The molecule has 0 aliphatic heterocycles. The number of ether oxygens (including phenoxy) is 2. The first-order valence-corrected chi connectivity index (χ1v) is 7.68. The third-order valence-corrected chi connectivity index (χ3v) is 3.33. The first kappa shape index (κ1) is 16.9. The molecule has 0 aliphatic rings. The average molecular weight is 316 g/mol. The lowest BCUT2D eigenvalue weighted by molar-refractivity contribution is 0.395. The van der Waals surface area contributed by atoms with E-state index in [2.05, 4.69) is 34.4 Å². The van der Waals surface area contributed by atoms with Crippen molar-refractivity contribution >= 4 is 17.5 Å². The topological polar surface area (TPSA) is 68.3 Å². The minimum atomic E-state index is 0.614. The molecule has 124 valence electrons. The molecule has 0 saturated carbocycles. The second kappa shape index (κ2) is 8.22. The van der Waals surface area contributed by atoms with Crippen LogP contribution in [0.2, 0.25) is 0 Å². The van der Waals surface area contributed by atoms with Gasteiger partial charge in [0, 0.05) is 18.8 Å². The van der Waals surface area contributed by atoms with Crippen molar-refractivity contribution in [2.75, 3.05) is 31.4 Å². The van der Waals surface area contributed by atoms with E-state index in [-0.39, 0.29) is 0 Å². The van der Waals surface area contributed by atoms with Crippen molar-refractivity contribution in [2.24, 2.45) is 5.92 Å². The molecular formula is C17H24N4O2. The first-order valence-electron chi connectivity index (χ1n) is 7.68. The predicted octanol–water partition coefficient (Wildman–Crippen LogP) is 3.70. The number of benzene rings is 1. The second-order valence-corrected chi connectivity index (χ2v) is 5.57. The van der Waals surface area contributed by atoms with Gasteiger partial charge in [-0.1, -0.05) is 13.8 Å². The highest BCUT2D eigenvalue weighted by Crippen LogP contribution is 2.31. The van der Waals surface area contributed by atoms with Gasteiger partial charge in [0.05, 0.1) is 19.9 Å². The second-order valence-electron chi connectivity index (χ2n) is 5.57. The molecule has 2 aromatic rings. The Hall–Kier alpha value is -2.50. The fraction of sp³-hybridized carbons (Fsp3) is 0.412. The van der Waals surface area contributed by atoms with Gasteiger partial charge in [0.15, 0.2) is 0 Å². The molecule has 0 amide bonds. The monoisotopic (exact) mass is 316 g/mol. The molecule has 0 bridgehead atoms. The largest absolute Gasteiger partial charge is 0.497 e. The Bertz CT molecular complexity index is 632. The summed E-state index contributed by atoms with van der Waals surface area (Å²) in [4.78, 5) is 8.70. The van der Waals surface area contributed by atoms with E-state index in [1.54, 1.807) is 20.4 Å². The van der Waals surface area contributed by atoms with E-state index >= 15 is 0 Å². The number of hydrogen-bond acceptors (Lipinski definition) is 6. The van der Waals surface area contributed by atoms with Crippen LogP contribution in [-0.4, -0.2) is 30.7 Å². The first-order chi connectivity index (χ1) is 11.1. The van der Waals surface area contributed by atoms with Gasteiger partial charge in [-0.25, -0.2) is 4.98 Å². The molecule has 0 spiro atoms. The molecule has 6 heteroatoms. The molecule has 0 atom stereocenters. The number of nitrogens with zero attached hydrogens (tertiary/aromatic N) is 2. The molecule has 0 unspecified atom stereocenters. The lowest BCUT2D eigenvalue weighted by Crippen LogP contribution is -2.08. The summed E-state index contributed by atoms with van der Waals surface area (Å²) in [6, 6.07) is 7.40. The normalized spacial score (nSPS) is 10.5. The molecule has 0 fully saturated rings. The van der Waals surface area contributed by atoms with E-state index < -0.39 is 0 Å². The summed E-state index contributed by atoms with van der Waals surface area (Å²) >= 11 is 0. The van der Waals surface area contributed by atoms with Crippen molar-refractivity contribution in [1.29, 1.82) is 0 Å². The van der Waals surface area contributed by atoms with Crippen LogP contribution in [0.15, 0.2) is 30.5 Å². The summed E-state index contributed by atoms with van der Waals surface area (Å²) in [6.45, 7) is 5.24. The van der Waals surface area contributed by atoms with E-state index in [1.807, 2.05) is 24.3 Å². The molecule has 2 N–H and O–H groups in total. The van der Waals surface area contributed by atoms with Gasteiger partial charge < -0.3 is 20.1 Å². The van der Waals surface area contributed by atoms with Gasteiger partial charge >= 0.3 is 0 Å². The van der Waals surface area contributed by atoms with Crippen LogP contribution < -0.4 is 20.1 Å². The maximum Gasteiger partial charge on any atom is 0.224 e. The summed E-state index contributed by atoms with van der Waals surface area (Å²) in [5, 5.41) is 6.48. The van der Waals surface area contributed by atoms with Crippen molar-refractivity contribution in [2.45, 2.75) is 20.3 Å². The molecule has 23 heavy (non-hydrogen) atoms. The van der Waals surface area contributed by atoms with E-state index in [0.717, 1.165) is 24.4 Å². The zero-order chi connectivity index (χ0) is 16.7. The van der Waals surface area contributed by atoms with E-state index in [0.29, 0.717) is 23.4 Å². The molecular weight excluding hydrogens is 292 g/mol. The Balaban J connectivity index is 2.08. The number of nitrogens with one attached hydrogen (secondary N) is 2. The molecule has 1 aromatic carbocycles. The van der Waals surface area contributed by atoms with Crippen LogP contribution in [0.5, 0.6) is 11.5 Å². The SMILES string of the molecule is COc1ccc(Nc2ccnc(NCCC(C)C)n2)c(OC)c1. The smallest absolute Gasteiger partial charge is 0.224 e. The zero-order valence-electron chi connectivity index (χ0n) is 14.1. The maximum absolute atomic E-state index is 5.38. The van der Waals surface area contributed by atoms with Crippen LogP contribution in [0.4, 0.5) is 17.5 Å². The molecule has 2 rings (SSSR count). The summed E-state index contributed by atoms with van der Waals surface area (Å²) in [5.74, 6) is 3.40. The van der Waals surface area contributed by atoms with Crippen molar-refractivity contribution in [3.05, 3.63) is 30.5 Å². The molecule has 0 radical (unpaired) electrons. The third kappa shape index (κ3) is 5.02. The average Bonchev–Trinajstić information content (AvgIpc) is 2.55. The van der Waals surface area contributed by atoms with Crippen molar-refractivity contribution in [3.8, 4) is 11.5 Å². The van der Waals surface area contributed by atoms with Gasteiger partial charge in [-0.15, -0.1) is 0 Å². The van der Waals surface area contributed by atoms with Gasteiger partial charge in [0.1, 0.15) is 17.3 Å². The number of aromatic nitrogens is 2. The zero-order valence-corrected chi connectivity index (χ0v) is 14.1. The van der Waals surface area contributed by atoms with Crippen molar-refractivity contribution in [3.63, 3.8) is 0 Å². The van der Waals surface area contributed by atoms with Crippen LogP contribution in [0.25, 0.3) is 0 Å². The Kier molecular flexibility index (Phi) is 6.02. The maximum atomic E-state index is 5.38. The van der Waals surface area contributed by atoms with Crippen LogP contribution in [0.1, 0.15) is 20.3 Å². The number of rotatable bonds is 8. The summed E-state index contributed by atoms with van der Waals surface area (Å²) in [7, 11) is 3.25. The van der Waals surface area contributed by atoms with Gasteiger partial charge in [-0.2, -0.15) is 4.98 Å². The lowest BCUT2D eigenvalue weighted by atomic mass is 10.1. The highest BCUT2D eigenvalue weighted by Gasteiger charge is 2.07.